The van der Waals surface area contributed by atoms with Gasteiger partial charge in [0, 0.05) is 40.9 Å². The van der Waals surface area contributed by atoms with Crippen LogP contribution in [0, 0.1) is 21.6 Å². The zero-order chi connectivity index (χ0) is 32.6. The fraction of sp³-hybridized carbons (Fsp3) is 0.433. The van der Waals surface area contributed by atoms with Gasteiger partial charge in [0.25, 0.3) is 0 Å². The second-order valence-electron chi connectivity index (χ2n) is 9.84. The van der Waals surface area contributed by atoms with E-state index < -0.39 is 5.97 Å². The van der Waals surface area contributed by atoms with E-state index in [2.05, 4.69) is 38.8 Å². The van der Waals surface area contributed by atoms with E-state index >= 15 is 0 Å². The molecule has 0 spiro atoms. The minimum absolute atomic E-state index is 0.00148. The molecule has 0 bridgehead atoms. The summed E-state index contributed by atoms with van der Waals surface area (Å²) in [7, 11) is 0. The lowest BCUT2D eigenvalue weighted by Gasteiger charge is -2.13. The molecule has 0 fully saturated rings. The first-order chi connectivity index (χ1) is 21.1. The zero-order valence-electron chi connectivity index (χ0n) is 25.2. The van der Waals surface area contributed by atoms with E-state index in [-0.39, 0.29) is 23.8 Å². The van der Waals surface area contributed by atoms with Crippen molar-refractivity contribution < 1.29 is 9.90 Å². The average Bonchev–Trinajstić information content (AvgIpc) is 2.97. The Kier molecular flexibility index (Phi) is 20.2. The lowest BCUT2D eigenvalue weighted by atomic mass is 10.1. The molecule has 0 saturated carbocycles. The second-order valence-corrected chi connectivity index (χ2v) is 10.7. The highest BCUT2D eigenvalue weighted by atomic mass is 35.5. The van der Waals surface area contributed by atoms with Crippen LogP contribution in [0.3, 0.4) is 0 Å². The Balaban J connectivity index is 0.000000828. The van der Waals surface area contributed by atoms with Crippen molar-refractivity contribution in [1.29, 1.82) is 21.6 Å². The summed E-state index contributed by atoms with van der Waals surface area (Å²) in [6.07, 6.45) is 9.59. The Labute approximate surface area is 270 Å². The van der Waals surface area contributed by atoms with Crippen LogP contribution < -0.4 is 31.9 Å². The average molecular weight is 650 g/mol. The molecule has 0 aliphatic heterocycles. The fourth-order valence-electron chi connectivity index (χ4n) is 3.67. The number of benzene rings is 2. The Morgan fingerprint density at radius 3 is 1.39 bits per heavy atom. The van der Waals surface area contributed by atoms with E-state index in [1.807, 2.05) is 0 Å². The first kappa shape index (κ1) is 38.0. The third-order valence-corrected chi connectivity index (χ3v) is 6.43. The van der Waals surface area contributed by atoms with E-state index in [1.165, 1.54) is 19.3 Å². The van der Waals surface area contributed by atoms with Crippen LogP contribution in [0.4, 0.5) is 11.4 Å². The monoisotopic (exact) mass is 648 g/mol. The SMILES string of the molecule is CCCCCCCC(=O)O.N=C(NCCCCCCNC(=N)NC(=N)Nc1ccc(Cl)cc1)NC(=N)Nc1ccc(Cl)cc1. The molecule has 0 heterocycles. The predicted molar refractivity (Wildman–Crippen MR) is 183 cm³/mol. The Hall–Kier alpha value is -4.03. The summed E-state index contributed by atoms with van der Waals surface area (Å²) in [5, 5.41) is 57.8. The highest BCUT2D eigenvalue weighted by Gasteiger charge is 2.03. The predicted octanol–water partition coefficient (Wildman–Crippen LogP) is 6.61. The van der Waals surface area contributed by atoms with Crippen LogP contribution >= 0.6 is 23.2 Å². The van der Waals surface area contributed by atoms with Crippen molar-refractivity contribution in [3.05, 3.63) is 58.6 Å². The number of carbonyl (C=O) groups is 1. The van der Waals surface area contributed by atoms with Crippen molar-refractivity contribution in [2.45, 2.75) is 71.1 Å². The number of hydrogen-bond acceptors (Lipinski definition) is 5. The molecule has 2 aromatic carbocycles. The highest BCUT2D eigenvalue weighted by molar-refractivity contribution is 6.31. The highest BCUT2D eigenvalue weighted by Crippen LogP contribution is 2.13. The van der Waals surface area contributed by atoms with Gasteiger partial charge in [0.05, 0.1) is 0 Å². The molecule has 0 aliphatic rings. The van der Waals surface area contributed by atoms with Crippen LogP contribution in [0.5, 0.6) is 0 Å². The minimum atomic E-state index is -0.670. The van der Waals surface area contributed by atoms with Crippen molar-refractivity contribution in [1.82, 2.24) is 21.3 Å². The van der Waals surface area contributed by atoms with Gasteiger partial charge in [0.2, 0.25) is 0 Å². The Morgan fingerprint density at radius 1 is 0.614 bits per heavy atom. The normalized spacial score (nSPS) is 9.98. The second kappa shape index (κ2) is 23.4. The first-order valence-corrected chi connectivity index (χ1v) is 15.5. The van der Waals surface area contributed by atoms with Crippen LogP contribution in [-0.2, 0) is 4.79 Å². The summed E-state index contributed by atoms with van der Waals surface area (Å²) in [5.74, 6) is -0.557. The molecule has 12 nitrogen and oxygen atoms in total. The standard InChI is InChI=1S/C22H30Cl2N10.C8H16O2/c23-15-5-9-17(10-6-15)31-21(27)33-19(25)29-13-3-1-2-4-14-30-20(26)34-22(28)32-18-11-7-16(24)8-12-18;1-2-3-4-5-6-7-8(9)10/h5-12H,1-4,13-14H2,(H5,25,27,29,31,33)(H5,26,28,30,32,34);2-7H2,1H3,(H,9,10). The van der Waals surface area contributed by atoms with Crippen LogP contribution in [0.25, 0.3) is 0 Å². The molecule has 2 rings (SSSR count). The Bertz CT molecular complexity index is 1080. The number of aliphatic carboxylic acids is 1. The number of nitrogens with one attached hydrogen (secondary N) is 10. The van der Waals surface area contributed by atoms with Gasteiger partial charge >= 0.3 is 5.97 Å². The van der Waals surface area contributed by atoms with Crippen LogP contribution in [-0.4, -0.2) is 48.0 Å². The van der Waals surface area contributed by atoms with E-state index in [4.69, 9.17) is 49.9 Å². The molecule has 0 amide bonds. The number of halogens is 2. The van der Waals surface area contributed by atoms with Gasteiger partial charge in [-0.1, -0.05) is 68.7 Å². The number of carboxylic acid groups (broad SMARTS) is 1. The number of carboxylic acids is 1. The van der Waals surface area contributed by atoms with E-state index in [0.29, 0.717) is 40.9 Å². The van der Waals surface area contributed by atoms with Crippen molar-refractivity contribution in [3.63, 3.8) is 0 Å². The van der Waals surface area contributed by atoms with Gasteiger partial charge < -0.3 is 26.4 Å². The van der Waals surface area contributed by atoms with Gasteiger partial charge in [0.15, 0.2) is 23.8 Å². The molecule has 0 aliphatic carbocycles. The molecule has 44 heavy (non-hydrogen) atoms. The summed E-state index contributed by atoms with van der Waals surface area (Å²) < 4.78 is 0. The molecular formula is C30H46Cl2N10O2. The quantitative estimate of drug-likeness (QED) is 0.0574. The largest absolute Gasteiger partial charge is 0.481 e. The Morgan fingerprint density at radius 2 is 1.00 bits per heavy atom. The summed E-state index contributed by atoms with van der Waals surface area (Å²) in [6.45, 7) is 3.40. The smallest absolute Gasteiger partial charge is 0.303 e. The van der Waals surface area contributed by atoms with Gasteiger partial charge in [-0.15, -0.1) is 0 Å². The number of rotatable bonds is 15. The summed E-state index contributed by atoms with van der Waals surface area (Å²) >= 11 is 11.7. The molecule has 0 unspecified atom stereocenters. The van der Waals surface area contributed by atoms with Crippen LogP contribution in [0.15, 0.2) is 48.5 Å². The molecule has 14 heteroatoms. The molecule has 0 saturated heterocycles. The molecule has 0 aromatic heterocycles. The molecule has 0 atom stereocenters. The lowest BCUT2D eigenvalue weighted by Crippen LogP contribution is -2.43. The topological polar surface area (TPSA) is 205 Å². The molecular weight excluding hydrogens is 603 g/mol. The van der Waals surface area contributed by atoms with Crippen molar-refractivity contribution in [3.8, 4) is 0 Å². The van der Waals surface area contributed by atoms with Crippen LogP contribution in [0.1, 0.15) is 71.1 Å². The molecule has 11 N–H and O–H groups in total. The maximum atomic E-state index is 10.0. The third-order valence-electron chi connectivity index (χ3n) is 5.93. The molecule has 2 aromatic rings. The van der Waals surface area contributed by atoms with E-state index in [9.17, 15) is 4.79 Å². The van der Waals surface area contributed by atoms with E-state index in [1.54, 1.807) is 48.5 Å². The summed E-state index contributed by atoms with van der Waals surface area (Å²) in [4.78, 5) is 10.0. The van der Waals surface area contributed by atoms with Crippen molar-refractivity contribution in [2.75, 3.05) is 23.7 Å². The minimum Gasteiger partial charge on any atom is -0.481 e. The van der Waals surface area contributed by atoms with Crippen molar-refractivity contribution in [2.24, 2.45) is 0 Å². The molecule has 0 radical (unpaired) electrons. The van der Waals surface area contributed by atoms with Gasteiger partial charge in [-0.2, -0.15) is 0 Å². The van der Waals surface area contributed by atoms with Gasteiger partial charge in [0.1, 0.15) is 0 Å². The molecule has 242 valence electrons. The summed E-state index contributed by atoms with van der Waals surface area (Å²) in [5.41, 5.74) is 1.42. The maximum absolute atomic E-state index is 10.0. The van der Waals surface area contributed by atoms with Crippen molar-refractivity contribution >= 4 is 64.4 Å². The summed E-state index contributed by atoms with van der Waals surface area (Å²) in [6, 6.07) is 13.9. The third kappa shape index (κ3) is 20.8. The van der Waals surface area contributed by atoms with Gasteiger partial charge in [-0.3, -0.25) is 37.1 Å². The fourth-order valence-corrected chi connectivity index (χ4v) is 3.92. The van der Waals surface area contributed by atoms with Gasteiger partial charge in [-0.25, -0.2) is 0 Å². The number of unbranched alkanes of at least 4 members (excludes halogenated alkanes) is 7. The number of anilines is 2. The lowest BCUT2D eigenvalue weighted by molar-refractivity contribution is -0.137. The van der Waals surface area contributed by atoms with Gasteiger partial charge in [-0.05, 0) is 67.8 Å². The number of hydrogen-bond donors (Lipinski definition) is 11. The zero-order valence-corrected chi connectivity index (χ0v) is 26.7. The first-order valence-electron chi connectivity index (χ1n) is 14.7. The van der Waals surface area contributed by atoms with E-state index in [0.717, 1.165) is 38.5 Å². The van der Waals surface area contributed by atoms with Crippen LogP contribution in [0.2, 0.25) is 10.0 Å². The number of guanidine groups is 4. The maximum Gasteiger partial charge on any atom is 0.303 e.